The van der Waals surface area contributed by atoms with Gasteiger partial charge in [-0.25, -0.2) is 8.78 Å². The average Bonchev–Trinajstić information content (AvgIpc) is 2.24. The molecule has 1 unspecified atom stereocenters. The van der Waals surface area contributed by atoms with E-state index in [0.29, 0.717) is 12.5 Å². The van der Waals surface area contributed by atoms with Crippen LogP contribution in [0.2, 0.25) is 0 Å². The number of nitrogens with one attached hydrogen (secondary N) is 1. The molecule has 0 saturated heterocycles. The predicted molar refractivity (Wildman–Crippen MR) is 70.4 cm³/mol. The fraction of sp³-hybridized carbons (Fsp3) is 0.462. The Labute approximate surface area is 114 Å². The van der Waals surface area contributed by atoms with Crippen LogP contribution in [0.5, 0.6) is 0 Å². The zero-order valence-electron chi connectivity index (χ0n) is 10.6. The molecule has 0 aliphatic heterocycles. The number of hydrogen-bond acceptors (Lipinski definition) is 1. The van der Waals surface area contributed by atoms with Gasteiger partial charge in [0.1, 0.15) is 17.2 Å². The molecule has 0 saturated carbocycles. The Morgan fingerprint density at radius 3 is 2.22 bits per heavy atom. The summed E-state index contributed by atoms with van der Waals surface area (Å²) >= 11 is 2.97. The Hall–Kier alpha value is -0.970. The molecule has 0 bridgehead atoms. The van der Waals surface area contributed by atoms with Gasteiger partial charge in [-0.15, -0.1) is 0 Å². The van der Waals surface area contributed by atoms with Crippen molar-refractivity contribution < 1.29 is 13.6 Å². The minimum absolute atomic E-state index is 0.246. The van der Waals surface area contributed by atoms with Crippen LogP contribution in [0.1, 0.15) is 31.1 Å². The molecule has 1 atom stereocenters. The van der Waals surface area contributed by atoms with Gasteiger partial charge < -0.3 is 5.32 Å². The van der Waals surface area contributed by atoms with E-state index in [9.17, 15) is 13.6 Å². The molecule has 0 spiro atoms. The van der Waals surface area contributed by atoms with Crippen LogP contribution in [-0.4, -0.2) is 12.5 Å². The third-order valence-electron chi connectivity index (χ3n) is 2.96. The van der Waals surface area contributed by atoms with Gasteiger partial charge in [-0.2, -0.15) is 0 Å². The van der Waals surface area contributed by atoms with Gasteiger partial charge in [0.2, 0.25) is 0 Å². The molecule has 1 N–H and O–H groups in total. The SMILES string of the molecule is CC(C)C(C)CNC(=O)c1c(F)cc(Br)cc1F. The second-order valence-corrected chi connectivity index (χ2v) is 5.59. The van der Waals surface area contributed by atoms with Gasteiger partial charge >= 0.3 is 0 Å². The smallest absolute Gasteiger partial charge is 0.257 e. The first-order valence-corrected chi connectivity index (χ1v) is 6.55. The highest BCUT2D eigenvalue weighted by atomic mass is 79.9. The van der Waals surface area contributed by atoms with Crippen molar-refractivity contribution in [3.63, 3.8) is 0 Å². The molecule has 1 rings (SSSR count). The van der Waals surface area contributed by atoms with Crippen molar-refractivity contribution in [1.29, 1.82) is 0 Å². The Morgan fingerprint density at radius 2 is 1.78 bits per heavy atom. The van der Waals surface area contributed by atoms with Gasteiger partial charge in [-0.1, -0.05) is 36.7 Å². The van der Waals surface area contributed by atoms with Crippen molar-refractivity contribution in [3.05, 3.63) is 33.8 Å². The quantitative estimate of drug-likeness (QED) is 0.899. The number of carbonyl (C=O) groups is 1. The van der Waals surface area contributed by atoms with Crippen LogP contribution >= 0.6 is 15.9 Å². The van der Waals surface area contributed by atoms with Gasteiger partial charge in [-0.3, -0.25) is 4.79 Å². The molecule has 0 aliphatic rings. The van der Waals surface area contributed by atoms with Crippen molar-refractivity contribution in [1.82, 2.24) is 5.32 Å². The maximum atomic E-state index is 13.5. The van der Waals surface area contributed by atoms with Crippen LogP contribution in [0.4, 0.5) is 8.78 Å². The Kier molecular flexibility index (Phi) is 5.26. The van der Waals surface area contributed by atoms with Gasteiger partial charge in [0, 0.05) is 11.0 Å². The molecule has 1 aromatic carbocycles. The molecule has 2 nitrogen and oxygen atoms in total. The molecule has 100 valence electrons. The highest BCUT2D eigenvalue weighted by Gasteiger charge is 2.19. The molecule has 5 heteroatoms. The lowest BCUT2D eigenvalue weighted by atomic mass is 9.98. The average molecular weight is 320 g/mol. The van der Waals surface area contributed by atoms with E-state index in [0.717, 1.165) is 12.1 Å². The standard InChI is InChI=1S/C13H16BrF2NO/c1-7(2)8(3)6-17-13(18)12-10(15)4-9(14)5-11(12)16/h4-5,7-8H,6H2,1-3H3,(H,17,18). The molecule has 0 aliphatic carbocycles. The summed E-state index contributed by atoms with van der Waals surface area (Å²) in [5.74, 6) is -1.81. The molecule has 0 aromatic heterocycles. The lowest BCUT2D eigenvalue weighted by Gasteiger charge is -2.16. The third kappa shape index (κ3) is 3.77. The van der Waals surface area contributed by atoms with E-state index >= 15 is 0 Å². The lowest BCUT2D eigenvalue weighted by molar-refractivity contribution is 0.0936. The van der Waals surface area contributed by atoms with Crippen LogP contribution in [0.3, 0.4) is 0 Å². The summed E-state index contributed by atoms with van der Waals surface area (Å²) in [5, 5.41) is 2.55. The van der Waals surface area contributed by atoms with Gasteiger partial charge in [-0.05, 0) is 24.0 Å². The largest absolute Gasteiger partial charge is 0.352 e. The summed E-state index contributed by atoms with van der Waals surface area (Å²) < 4.78 is 27.3. The summed E-state index contributed by atoms with van der Waals surface area (Å²) in [6, 6.07) is 2.15. The first-order valence-electron chi connectivity index (χ1n) is 5.75. The van der Waals surface area contributed by atoms with Crippen LogP contribution in [0.15, 0.2) is 16.6 Å². The maximum absolute atomic E-state index is 13.5. The number of halogens is 3. The molecular weight excluding hydrogens is 304 g/mol. The van der Waals surface area contributed by atoms with E-state index in [4.69, 9.17) is 0 Å². The first kappa shape index (κ1) is 15.1. The van der Waals surface area contributed by atoms with Crippen molar-refractivity contribution in [3.8, 4) is 0 Å². The molecular formula is C13H16BrF2NO. The van der Waals surface area contributed by atoms with Crippen molar-refractivity contribution in [2.24, 2.45) is 11.8 Å². The number of carbonyl (C=O) groups excluding carboxylic acids is 1. The fourth-order valence-electron chi connectivity index (χ4n) is 1.34. The topological polar surface area (TPSA) is 29.1 Å². The molecule has 1 aromatic rings. The first-order chi connectivity index (χ1) is 8.32. The summed E-state index contributed by atoms with van der Waals surface area (Å²) in [7, 11) is 0. The summed E-state index contributed by atoms with van der Waals surface area (Å²) in [6.45, 7) is 6.42. The van der Waals surface area contributed by atoms with Gasteiger partial charge in [0.15, 0.2) is 0 Å². The number of benzene rings is 1. The van der Waals surface area contributed by atoms with Gasteiger partial charge in [0.25, 0.3) is 5.91 Å². The van der Waals surface area contributed by atoms with E-state index in [1.807, 2.05) is 20.8 Å². The normalized spacial score (nSPS) is 12.6. The Balaban J connectivity index is 2.79. The maximum Gasteiger partial charge on any atom is 0.257 e. The second-order valence-electron chi connectivity index (χ2n) is 4.68. The van der Waals surface area contributed by atoms with E-state index in [1.54, 1.807) is 0 Å². The number of rotatable bonds is 4. The monoisotopic (exact) mass is 319 g/mol. The highest BCUT2D eigenvalue weighted by Crippen LogP contribution is 2.19. The van der Waals surface area contributed by atoms with Gasteiger partial charge in [0.05, 0.1) is 0 Å². The highest BCUT2D eigenvalue weighted by molar-refractivity contribution is 9.10. The van der Waals surface area contributed by atoms with Crippen LogP contribution in [0, 0.1) is 23.5 Å². The fourth-order valence-corrected chi connectivity index (χ4v) is 1.74. The predicted octanol–water partition coefficient (Wildman–Crippen LogP) is 3.75. The molecule has 1 amide bonds. The van der Waals surface area contributed by atoms with Crippen molar-refractivity contribution >= 4 is 21.8 Å². The second kappa shape index (κ2) is 6.27. The minimum Gasteiger partial charge on any atom is -0.352 e. The molecule has 0 heterocycles. The van der Waals surface area contributed by atoms with Crippen molar-refractivity contribution in [2.45, 2.75) is 20.8 Å². The summed E-state index contributed by atoms with van der Waals surface area (Å²) in [5.41, 5.74) is -0.533. The Bertz CT molecular complexity index is 426. The lowest BCUT2D eigenvalue weighted by Crippen LogP contribution is -2.31. The van der Waals surface area contributed by atoms with Crippen LogP contribution in [-0.2, 0) is 0 Å². The summed E-state index contributed by atoms with van der Waals surface area (Å²) in [4.78, 5) is 11.7. The molecule has 18 heavy (non-hydrogen) atoms. The summed E-state index contributed by atoms with van der Waals surface area (Å²) in [6.07, 6.45) is 0. The van der Waals surface area contributed by atoms with Crippen molar-refractivity contribution in [2.75, 3.05) is 6.54 Å². The molecule has 0 radical (unpaired) electrons. The third-order valence-corrected chi connectivity index (χ3v) is 3.41. The number of hydrogen-bond donors (Lipinski definition) is 1. The Morgan fingerprint density at radius 1 is 1.28 bits per heavy atom. The van der Waals surface area contributed by atoms with E-state index in [2.05, 4.69) is 21.2 Å². The van der Waals surface area contributed by atoms with E-state index in [-0.39, 0.29) is 10.4 Å². The zero-order chi connectivity index (χ0) is 13.9. The molecule has 0 fully saturated rings. The van der Waals surface area contributed by atoms with E-state index < -0.39 is 23.1 Å². The number of amides is 1. The zero-order valence-corrected chi connectivity index (χ0v) is 12.1. The van der Waals surface area contributed by atoms with E-state index in [1.165, 1.54) is 0 Å². The van der Waals surface area contributed by atoms with Crippen LogP contribution < -0.4 is 5.32 Å². The minimum atomic E-state index is -0.864. The van der Waals surface area contributed by atoms with Crippen LogP contribution in [0.25, 0.3) is 0 Å².